The Hall–Kier alpha value is -0.690. The van der Waals surface area contributed by atoms with Crippen LogP contribution in [-0.4, -0.2) is 98.9 Å². The second kappa shape index (κ2) is 9.86. The minimum atomic E-state index is 0.176. The molecule has 144 valence electrons. The largest absolute Gasteiger partial charge is 0.379 e. The van der Waals surface area contributed by atoms with E-state index >= 15 is 0 Å². The molecule has 3 rings (SSSR count). The van der Waals surface area contributed by atoms with E-state index in [2.05, 4.69) is 9.80 Å². The lowest BCUT2D eigenvalue weighted by molar-refractivity contribution is -0.139. The number of rotatable bonds is 6. The van der Waals surface area contributed by atoms with Crippen molar-refractivity contribution in [3.05, 3.63) is 0 Å². The predicted octanol–water partition coefficient (Wildman–Crippen LogP) is 1.06. The maximum Gasteiger partial charge on any atom is 0.236 e. The molecular weight excluding hydrogens is 318 g/mol. The SMILES string of the molecule is C[C@H]1CN(C(=O)CN2CCC(CCCN3CCOCC3)CC2)CCO1. The number of morpholine rings is 2. The Morgan fingerprint density at radius 1 is 1.00 bits per heavy atom. The van der Waals surface area contributed by atoms with Crippen LogP contribution in [0, 0.1) is 5.92 Å². The molecule has 0 radical (unpaired) electrons. The van der Waals surface area contributed by atoms with E-state index in [1.807, 2.05) is 11.8 Å². The summed E-state index contributed by atoms with van der Waals surface area (Å²) in [5.41, 5.74) is 0. The fourth-order valence-corrected chi connectivity index (χ4v) is 4.20. The zero-order chi connectivity index (χ0) is 17.5. The molecule has 0 aliphatic carbocycles. The second-order valence-electron chi connectivity index (χ2n) is 7.84. The molecule has 1 atom stereocenters. The van der Waals surface area contributed by atoms with Crippen molar-refractivity contribution >= 4 is 5.91 Å². The lowest BCUT2D eigenvalue weighted by Crippen LogP contribution is -2.49. The summed E-state index contributed by atoms with van der Waals surface area (Å²) >= 11 is 0. The smallest absolute Gasteiger partial charge is 0.236 e. The van der Waals surface area contributed by atoms with E-state index < -0.39 is 0 Å². The van der Waals surface area contributed by atoms with Crippen LogP contribution < -0.4 is 0 Å². The van der Waals surface area contributed by atoms with E-state index in [1.54, 1.807) is 0 Å². The minimum absolute atomic E-state index is 0.176. The van der Waals surface area contributed by atoms with Crippen LogP contribution in [0.5, 0.6) is 0 Å². The van der Waals surface area contributed by atoms with Crippen molar-refractivity contribution in [3.63, 3.8) is 0 Å². The number of amides is 1. The lowest BCUT2D eigenvalue weighted by atomic mass is 9.92. The van der Waals surface area contributed by atoms with Gasteiger partial charge in [0.1, 0.15) is 0 Å². The van der Waals surface area contributed by atoms with Crippen LogP contribution in [0.15, 0.2) is 0 Å². The van der Waals surface area contributed by atoms with Crippen molar-refractivity contribution in [2.75, 3.05) is 72.2 Å². The molecule has 0 aromatic rings. The van der Waals surface area contributed by atoms with Gasteiger partial charge in [0.15, 0.2) is 0 Å². The third-order valence-corrected chi connectivity index (χ3v) is 5.85. The van der Waals surface area contributed by atoms with Gasteiger partial charge < -0.3 is 14.4 Å². The van der Waals surface area contributed by atoms with Crippen LogP contribution in [0.4, 0.5) is 0 Å². The number of nitrogens with zero attached hydrogens (tertiary/aromatic N) is 3. The summed E-state index contributed by atoms with van der Waals surface area (Å²) in [5.74, 6) is 1.12. The standard InChI is InChI=1S/C19H35N3O3/c1-17-15-22(11-14-25-17)19(23)16-21-7-4-18(5-8-21)3-2-6-20-9-12-24-13-10-20/h17-18H,2-16H2,1H3/t17-/m0/s1. The van der Waals surface area contributed by atoms with Crippen LogP contribution in [0.25, 0.3) is 0 Å². The molecular formula is C19H35N3O3. The van der Waals surface area contributed by atoms with Gasteiger partial charge in [-0.15, -0.1) is 0 Å². The molecule has 25 heavy (non-hydrogen) atoms. The molecule has 0 saturated carbocycles. The number of ether oxygens (including phenoxy) is 2. The van der Waals surface area contributed by atoms with Crippen molar-refractivity contribution in [2.24, 2.45) is 5.92 Å². The molecule has 0 aromatic carbocycles. The summed E-state index contributed by atoms with van der Waals surface area (Å²) in [7, 11) is 0. The molecule has 6 nitrogen and oxygen atoms in total. The first-order valence-corrected chi connectivity index (χ1v) is 10.1. The highest BCUT2D eigenvalue weighted by Gasteiger charge is 2.25. The van der Waals surface area contributed by atoms with Gasteiger partial charge >= 0.3 is 0 Å². The number of carbonyl (C=O) groups excluding carboxylic acids is 1. The van der Waals surface area contributed by atoms with Gasteiger partial charge in [0, 0.05) is 26.2 Å². The topological polar surface area (TPSA) is 45.3 Å². The van der Waals surface area contributed by atoms with Crippen LogP contribution in [0.2, 0.25) is 0 Å². The Balaban J connectivity index is 1.28. The van der Waals surface area contributed by atoms with E-state index in [0.717, 1.165) is 58.4 Å². The van der Waals surface area contributed by atoms with E-state index in [4.69, 9.17) is 9.47 Å². The van der Waals surface area contributed by atoms with Crippen molar-refractivity contribution < 1.29 is 14.3 Å². The van der Waals surface area contributed by atoms with Gasteiger partial charge in [-0.3, -0.25) is 14.6 Å². The molecule has 1 amide bonds. The molecule has 3 saturated heterocycles. The summed E-state index contributed by atoms with van der Waals surface area (Å²) in [6.07, 6.45) is 5.30. The average Bonchev–Trinajstić information content (AvgIpc) is 2.64. The fourth-order valence-electron chi connectivity index (χ4n) is 4.20. The van der Waals surface area contributed by atoms with Crippen molar-refractivity contribution in [1.29, 1.82) is 0 Å². The number of carbonyl (C=O) groups is 1. The van der Waals surface area contributed by atoms with Gasteiger partial charge in [-0.2, -0.15) is 0 Å². The summed E-state index contributed by atoms with van der Waals surface area (Å²) in [6.45, 7) is 12.2. The first-order chi connectivity index (χ1) is 12.2. The Bertz CT molecular complexity index is 407. The summed E-state index contributed by atoms with van der Waals surface area (Å²) in [5, 5.41) is 0. The van der Waals surface area contributed by atoms with Crippen molar-refractivity contribution in [2.45, 2.75) is 38.7 Å². The maximum atomic E-state index is 12.5. The van der Waals surface area contributed by atoms with Gasteiger partial charge in [0.05, 0.1) is 32.5 Å². The van der Waals surface area contributed by atoms with Crippen LogP contribution >= 0.6 is 0 Å². The molecule has 6 heteroatoms. The van der Waals surface area contributed by atoms with Crippen LogP contribution in [-0.2, 0) is 14.3 Å². The summed E-state index contributed by atoms with van der Waals surface area (Å²) in [6, 6.07) is 0. The quantitative estimate of drug-likeness (QED) is 0.714. The zero-order valence-corrected chi connectivity index (χ0v) is 15.8. The van der Waals surface area contributed by atoms with E-state index in [0.29, 0.717) is 13.2 Å². The van der Waals surface area contributed by atoms with Gasteiger partial charge in [0.25, 0.3) is 0 Å². The molecule has 0 aromatic heterocycles. The fraction of sp³-hybridized carbons (Fsp3) is 0.947. The maximum absolute atomic E-state index is 12.5. The summed E-state index contributed by atoms with van der Waals surface area (Å²) < 4.78 is 10.9. The zero-order valence-electron chi connectivity index (χ0n) is 15.8. The molecule has 3 fully saturated rings. The normalized spacial score (nSPS) is 27.6. The first kappa shape index (κ1) is 19.1. The van der Waals surface area contributed by atoms with Crippen LogP contribution in [0.3, 0.4) is 0 Å². The molecule has 0 unspecified atom stereocenters. The third kappa shape index (κ3) is 6.20. The number of likely N-dealkylation sites (tertiary alicyclic amines) is 1. The Kier molecular flexibility index (Phi) is 7.52. The highest BCUT2D eigenvalue weighted by Crippen LogP contribution is 2.22. The minimum Gasteiger partial charge on any atom is -0.379 e. The molecule has 0 spiro atoms. The highest BCUT2D eigenvalue weighted by atomic mass is 16.5. The molecule has 3 aliphatic rings. The molecule has 0 N–H and O–H groups in total. The van der Waals surface area contributed by atoms with Crippen molar-refractivity contribution in [3.8, 4) is 0 Å². The van der Waals surface area contributed by atoms with E-state index in [9.17, 15) is 4.79 Å². The number of piperidine rings is 1. The molecule has 3 heterocycles. The average molecular weight is 354 g/mol. The monoisotopic (exact) mass is 353 g/mol. The van der Waals surface area contributed by atoms with E-state index in [1.165, 1.54) is 32.2 Å². The Morgan fingerprint density at radius 3 is 2.48 bits per heavy atom. The highest BCUT2D eigenvalue weighted by molar-refractivity contribution is 5.78. The predicted molar refractivity (Wildman–Crippen MR) is 97.7 cm³/mol. The van der Waals surface area contributed by atoms with Crippen LogP contribution in [0.1, 0.15) is 32.6 Å². The summed E-state index contributed by atoms with van der Waals surface area (Å²) in [4.78, 5) is 19.3. The van der Waals surface area contributed by atoms with Gasteiger partial charge in [-0.05, 0) is 58.2 Å². The van der Waals surface area contributed by atoms with Gasteiger partial charge in [-0.1, -0.05) is 0 Å². The van der Waals surface area contributed by atoms with Gasteiger partial charge in [0.2, 0.25) is 5.91 Å². The second-order valence-corrected chi connectivity index (χ2v) is 7.84. The molecule has 3 aliphatic heterocycles. The third-order valence-electron chi connectivity index (χ3n) is 5.85. The Labute approximate surface area is 152 Å². The first-order valence-electron chi connectivity index (χ1n) is 10.1. The molecule has 0 bridgehead atoms. The van der Waals surface area contributed by atoms with Gasteiger partial charge in [-0.25, -0.2) is 0 Å². The number of hydrogen-bond acceptors (Lipinski definition) is 5. The number of hydrogen-bond donors (Lipinski definition) is 0. The van der Waals surface area contributed by atoms with E-state index in [-0.39, 0.29) is 12.0 Å². The Morgan fingerprint density at radius 2 is 1.76 bits per heavy atom. The van der Waals surface area contributed by atoms with Crippen molar-refractivity contribution in [1.82, 2.24) is 14.7 Å². The lowest BCUT2D eigenvalue weighted by Gasteiger charge is -2.35.